The molecule has 0 aromatic rings. The number of hydrazine groups is 1. The maximum absolute atomic E-state index is 3.36. The molecule has 0 atom stereocenters. The van der Waals surface area contributed by atoms with Crippen LogP contribution in [0.5, 0.6) is 0 Å². The first-order chi connectivity index (χ1) is 4.57. The SMILES string of the molecule is CCN(NC(C)C)C(C)C. The van der Waals surface area contributed by atoms with Crippen molar-refractivity contribution in [2.45, 2.75) is 46.7 Å². The van der Waals surface area contributed by atoms with Crippen LogP contribution in [0.15, 0.2) is 0 Å². The Morgan fingerprint density at radius 3 is 1.80 bits per heavy atom. The number of nitrogens with zero attached hydrogens (tertiary/aromatic N) is 1. The van der Waals surface area contributed by atoms with Gasteiger partial charge in [0, 0.05) is 18.6 Å². The van der Waals surface area contributed by atoms with Gasteiger partial charge >= 0.3 is 0 Å². The van der Waals surface area contributed by atoms with Gasteiger partial charge in [-0.25, -0.2) is 5.01 Å². The summed E-state index contributed by atoms with van der Waals surface area (Å²) >= 11 is 0. The van der Waals surface area contributed by atoms with Crippen molar-refractivity contribution in [3.8, 4) is 0 Å². The van der Waals surface area contributed by atoms with Crippen molar-refractivity contribution in [2.24, 2.45) is 0 Å². The van der Waals surface area contributed by atoms with Crippen LogP contribution < -0.4 is 5.43 Å². The largest absolute Gasteiger partial charge is 0.252 e. The fourth-order valence-electron chi connectivity index (χ4n) is 0.937. The van der Waals surface area contributed by atoms with Crippen molar-refractivity contribution in [2.75, 3.05) is 6.54 Å². The van der Waals surface area contributed by atoms with Crippen LogP contribution in [0.4, 0.5) is 0 Å². The highest BCUT2D eigenvalue weighted by molar-refractivity contribution is 4.57. The molecule has 0 aromatic carbocycles. The summed E-state index contributed by atoms with van der Waals surface area (Å²) in [7, 11) is 0. The van der Waals surface area contributed by atoms with Crippen LogP contribution in [0.2, 0.25) is 0 Å². The van der Waals surface area contributed by atoms with E-state index < -0.39 is 0 Å². The lowest BCUT2D eigenvalue weighted by atomic mass is 10.3. The molecule has 0 radical (unpaired) electrons. The van der Waals surface area contributed by atoms with Gasteiger partial charge in [-0.1, -0.05) is 6.92 Å². The molecule has 1 N–H and O–H groups in total. The van der Waals surface area contributed by atoms with E-state index in [1.807, 2.05) is 0 Å². The van der Waals surface area contributed by atoms with Gasteiger partial charge in [0.2, 0.25) is 0 Å². The smallest absolute Gasteiger partial charge is 0.0186 e. The molecule has 10 heavy (non-hydrogen) atoms. The predicted molar refractivity (Wildman–Crippen MR) is 45.8 cm³/mol. The molecular weight excluding hydrogens is 124 g/mol. The lowest BCUT2D eigenvalue weighted by Gasteiger charge is -2.27. The fourth-order valence-corrected chi connectivity index (χ4v) is 0.937. The molecule has 62 valence electrons. The molecule has 0 spiro atoms. The Morgan fingerprint density at radius 2 is 1.70 bits per heavy atom. The highest BCUT2D eigenvalue weighted by Crippen LogP contribution is 1.93. The third-order valence-corrected chi connectivity index (χ3v) is 1.39. The lowest BCUT2D eigenvalue weighted by Crippen LogP contribution is -2.46. The topological polar surface area (TPSA) is 15.3 Å². The minimum Gasteiger partial charge on any atom is -0.252 e. The minimum atomic E-state index is 0.544. The normalized spacial score (nSPS) is 12.0. The Morgan fingerprint density at radius 1 is 1.20 bits per heavy atom. The Kier molecular flexibility index (Phi) is 4.65. The van der Waals surface area contributed by atoms with Crippen LogP contribution in [0, 0.1) is 0 Å². The molecule has 2 nitrogen and oxygen atoms in total. The summed E-state index contributed by atoms with van der Waals surface area (Å²) in [4.78, 5) is 0. The van der Waals surface area contributed by atoms with E-state index in [0.29, 0.717) is 12.1 Å². The number of rotatable bonds is 4. The molecular formula is C8H20N2. The number of nitrogens with one attached hydrogen (secondary N) is 1. The zero-order valence-electron chi connectivity index (χ0n) is 7.81. The van der Waals surface area contributed by atoms with E-state index in [2.05, 4.69) is 45.1 Å². The molecule has 0 bridgehead atoms. The molecule has 2 heteroatoms. The summed E-state index contributed by atoms with van der Waals surface area (Å²) in [5.41, 5.74) is 3.36. The van der Waals surface area contributed by atoms with E-state index >= 15 is 0 Å². The monoisotopic (exact) mass is 144 g/mol. The van der Waals surface area contributed by atoms with E-state index in [1.165, 1.54) is 0 Å². The molecule has 0 aliphatic carbocycles. The van der Waals surface area contributed by atoms with E-state index in [1.54, 1.807) is 0 Å². The summed E-state index contributed by atoms with van der Waals surface area (Å²) in [6.45, 7) is 11.9. The van der Waals surface area contributed by atoms with Gasteiger partial charge in [-0.2, -0.15) is 0 Å². The summed E-state index contributed by atoms with van der Waals surface area (Å²) < 4.78 is 0. The van der Waals surface area contributed by atoms with Gasteiger partial charge in [-0.05, 0) is 27.7 Å². The molecule has 0 amide bonds. The van der Waals surface area contributed by atoms with Gasteiger partial charge in [0.05, 0.1) is 0 Å². The van der Waals surface area contributed by atoms with Crippen molar-refractivity contribution >= 4 is 0 Å². The van der Waals surface area contributed by atoms with Crippen LogP contribution in [-0.4, -0.2) is 23.6 Å². The van der Waals surface area contributed by atoms with Crippen molar-refractivity contribution in [1.29, 1.82) is 0 Å². The van der Waals surface area contributed by atoms with E-state index in [4.69, 9.17) is 0 Å². The van der Waals surface area contributed by atoms with Gasteiger partial charge in [-0.15, -0.1) is 0 Å². The van der Waals surface area contributed by atoms with Crippen molar-refractivity contribution in [1.82, 2.24) is 10.4 Å². The first kappa shape index (κ1) is 9.92. The summed E-state index contributed by atoms with van der Waals surface area (Å²) in [5, 5.41) is 2.24. The maximum Gasteiger partial charge on any atom is 0.0186 e. The lowest BCUT2D eigenvalue weighted by molar-refractivity contribution is 0.134. The zero-order chi connectivity index (χ0) is 8.15. The quantitative estimate of drug-likeness (QED) is 0.603. The van der Waals surface area contributed by atoms with Crippen molar-refractivity contribution in [3.05, 3.63) is 0 Å². The molecule has 0 saturated heterocycles. The van der Waals surface area contributed by atoms with E-state index in [9.17, 15) is 0 Å². The van der Waals surface area contributed by atoms with E-state index in [0.717, 1.165) is 6.54 Å². The number of hydrogen-bond acceptors (Lipinski definition) is 2. The average Bonchev–Trinajstić information content (AvgIpc) is 1.81. The van der Waals surface area contributed by atoms with Gasteiger partial charge in [-0.3, -0.25) is 5.43 Å². The minimum absolute atomic E-state index is 0.544. The first-order valence-electron chi connectivity index (χ1n) is 4.10. The fraction of sp³-hybridized carbons (Fsp3) is 1.00. The van der Waals surface area contributed by atoms with Gasteiger partial charge < -0.3 is 0 Å². The predicted octanol–water partition coefficient (Wildman–Crippen LogP) is 1.63. The average molecular weight is 144 g/mol. The highest BCUT2D eigenvalue weighted by atomic mass is 15.5. The Bertz CT molecular complexity index is 79.3. The summed E-state index contributed by atoms with van der Waals surface area (Å²) in [5.74, 6) is 0. The van der Waals surface area contributed by atoms with Crippen LogP contribution in [0.3, 0.4) is 0 Å². The van der Waals surface area contributed by atoms with Crippen LogP contribution in [0.25, 0.3) is 0 Å². The van der Waals surface area contributed by atoms with Crippen LogP contribution in [0.1, 0.15) is 34.6 Å². The standard InChI is InChI=1S/C8H20N2/c1-6-10(8(4)5)9-7(2)3/h7-9H,6H2,1-5H3. The van der Waals surface area contributed by atoms with Crippen LogP contribution >= 0.6 is 0 Å². The second-order valence-electron chi connectivity index (χ2n) is 3.16. The molecule has 0 heterocycles. The summed E-state index contributed by atoms with van der Waals surface area (Å²) in [6.07, 6.45) is 0. The Labute approximate surface area is 64.6 Å². The first-order valence-corrected chi connectivity index (χ1v) is 4.10. The van der Waals surface area contributed by atoms with Crippen LogP contribution in [-0.2, 0) is 0 Å². The second-order valence-corrected chi connectivity index (χ2v) is 3.16. The number of hydrogen-bond donors (Lipinski definition) is 1. The maximum atomic E-state index is 3.36. The van der Waals surface area contributed by atoms with Gasteiger partial charge in [0.25, 0.3) is 0 Å². The third kappa shape index (κ3) is 3.85. The molecule has 0 unspecified atom stereocenters. The Hall–Kier alpha value is -0.0800. The molecule has 0 saturated carbocycles. The van der Waals surface area contributed by atoms with Crippen molar-refractivity contribution in [3.63, 3.8) is 0 Å². The molecule has 0 aliphatic rings. The molecule has 0 fully saturated rings. The van der Waals surface area contributed by atoms with Crippen molar-refractivity contribution < 1.29 is 0 Å². The Balaban J connectivity index is 3.60. The molecule has 0 aliphatic heterocycles. The highest BCUT2D eigenvalue weighted by Gasteiger charge is 2.06. The summed E-state index contributed by atoms with van der Waals surface area (Å²) in [6, 6.07) is 1.13. The molecule has 0 aromatic heterocycles. The zero-order valence-corrected chi connectivity index (χ0v) is 7.81. The van der Waals surface area contributed by atoms with E-state index in [-0.39, 0.29) is 0 Å². The second kappa shape index (κ2) is 4.69. The van der Waals surface area contributed by atoms with Gasteiger partial charge in [0.1, 0.15) is 0 Å². The van der Waals surface area contributed by atoms with Gasteiger partial charge in [0.15, 0.2) is 0 Å². The third-order valence-electron chi connectivity index (χ3n) is 1.39. The molecule has 0 rings (SSSR count).